The molecule has 210 valence electrons. The fourth-order valence-electron chi connectivity index (χ4n) is 5.02. The number of nitrogens with zero attached hydrogens (tertiary/aromatic N) is 3. The first-order valence-electron chi connectivity index (χ1n) is 14.3. The van der Waals surface area contributed by atoms with Crippen LogP contribution in [-0.2, 0) is 16.1 Å². The lowest BCUT2D eigenvalue weighted by Gasteiger charge is -2.39. The van der Waals surface area contributed by atoms with E-state index in [2.05, 4.69) is 51.4 Å². The molecule has 2 aliphatic heterocycles. The molecule has 0 atom stereocenters. The fraction of sp³-hybridized carbons (Fsp3) is 0.394. The summed E-state index contributed by atoms with van der Waals surface area (Å²) in [6.45, 7) is 12.5. The number of morpholine rings is 1. The highest BCUT2D eigenvalue weighted by Crippen LogP contribution is 2.35. The third-order valence-electron chi connectivity index (χ3n) is 7.07. The monoisotopic (exact) mass is 539 g/mol. The summed E-state index contributed by atoms with van der Waals surface area (Å²) in [6, 6.07) is 20.7. The highest BCUT2D eigenvalue weighted by Gasteiger charge is 2.33. The maximum atomic E-state index is 9.31. The number of para-hydroxylation sites is 1. The maximum Gasteiger partial charge on any atom is 0.140 e. The molecule has 2 aromatic carbocycles. The Morgan fingerprint density at radius 3 is 2.45 bits per heavy atom. The van der Waals surface area contributed by atoms with Gasteiger partial charge in [0.15, 0.2) is 0 Å². The molecule has 2 N–H and O–H groups in total. The number of benzene rings is 2. The van der Waals surface area contributed by atoms with Crippen LogP contribution in [0.15, 0.2) is 60.7 Å². The van der Waals surface area contributed by atoms with E-state index in [9.17, 15) is 5.41 Å². The average Bonchev–Trinajstić information content (AvgIpc) is 2.99. The second kappa shape index (κ2) is 14.6. The van der Waals surface area contributed by atoms with Crippen LogP contribution in [-0.4, -0.2) is 68.1 Å². The van der Waals surface area contributed by atoms with Crippen LogP contribution in [0.25, 0.3) is 11.1 Å². The number of aromatic nitrogens is 1. The van der Waals surface area contributed by atoms with Crippen molar-refractivity contribution >= 4 is 22.9 Å². The van der Waals surface area contributed by atoms with Crippen molar-refractivity contribution in [3.63, 3.8) is 0 Å². The Morgan fingerprint density at radius 1 is 1.10 bits per heavy atom. The standard InChI is InChI=1S/C31H35N5O2.C2H6/c1-3-14-35-20-24(21-35)30(32)29-28(23-10-12-27(13-11-23)36-15-17-38-18-16-36)19-26(22-37-4-2)34-31(29)33-25-8-6-5-7-9-25;1-2/h1,5-13,19,24,32H,4,14-18,20-22H2,2H3,(H,33,34);1-2H3. The molecule has 1 aromatic heterocycles. The van der Waals surface area contributed by atoms with Gasteiger partial charge in [-0.25, -0.2) is 4.98 Å². The van der Waals surface area contributed by atoms with E-state index in [1.165, 1.54) is 5.69 Å². The van der Waals surface area contributed by atoms with E-state index >= 15 is 0 Å². The highest BCUT2D eigenvalue weighted by atomic mass is 16.5. The highest BCUT2D eigenvalue weighted by molar-refractivity contribution is 6.10. The molecule has 3 heterocycles. The molecule has 2 fully saturated rings. The van der Waals surface area contributed by atoms with Crippen LogP contribution in [0.5, 0.6) is 0 Å². The van der Waals surface area contributed by atoms with Gasteiger partial charge in [0.1, 0.15) is 5.82 Å². The molecule has 7 nitrogen and oxygen atoms in total. The number of terminal acetylenes is 1. The van der Waals surface area contributed by atoms with Crippen molar-refractivity contribution in [3.8, 4) is 23.5 Å². The normalized spacial score (nSPS) is 15.4. The molecule has 0 unspecified atom stereocenters. The van der Waals surface area contributed by atoms with E-state index < -0.39 is 0 Å². The van der Waals surface area contributed by atoms with Crippen LogP contribution >= 0.6 is 0 Å². The SMILES string of the molecule is C#CCN1CC(C(=N)c2c(-c3ccc(N4CCOCC4)cc3)cc(COCC)nc2Nc2ccccc2)C1.CC. The zero-order valence-corrected chi connectivity index (χ0v) is 24.0. The molecular weight excluding hydrogens is 498 g/mol. The molecule has 3 aromatic rings. The molecule has 0 spiro atoms. The summed E-state index contributed by atoms with van der Waals surface area (Å²) in [6.07, 6.45) is 5.52. The van der Waals surface area contributed by atoms with Crippen LogP contribution in [0.2, 0.25) is 0 Å². The Balaban J connectivity index is 0.00000181. The molecule has 0 bridgehead atoms. The molecule has 40 heavy (non-hydrogen) atoms. The zero-order valence-electron chi connectivity index (χ0n) is 24.0. The van der Waals surface area contributed by atoms with Gasteiger partial charge in [0.05, 0.1) is 32.1 Å². The number of pyridine rings is 1. The van der Waals surface area contributed by atoms with E-state index in [1.54, 1.807) is 0 Å². The van der Waals surface area contributed by atoms with Crippen LogP contribution in [0.3, 0.4) is 0 Å². The summed E-state index contributed by atoms with van der Waals surface area (Å²) >= 11 is 0. The van der Waals surface area contributed by atoms with Gasteiger partial charge < -0.3 is 25.1 Å². The first-order valence-corrected chi connectivity index (χ1v) is 14.3. The summed E-state index contributed by atoms with van der Waals surface area (Å²) in [4.78, 5) is 9.49. The van der Waals surface area contributed by atoms with Gasteiger partial charge in [0, 0.05) is 61.4 Å². The van der Waals surface area contributed by atoms with E-state index in [0.29, 0.717) is 31.3 Å². The van der Waals surface area contributed by atoms with E-state index in [4.69, 9.17) is 20.9 Å². The second-order valence-electron chi connectivity index (χ2n) is 9.67. The Hall–Kier alpha value is -3.70. The number of hydrogen-bond donors (Lipinski definition) is 2. The number of anilines is 3. The van der Waals surface area contributed by atoms with Gasteiger partial charge in [-0.3, -0.25) is 4.90 Å². The molecular formula is C33H41N5O2. The molecule has 0 amide bonds. The van der Waals surface area contributed by atoms with Gasteiger partial charge >= 0.3 is 0 Å². The fourth-order valence-corrected chi connectivity index (χ4v) is 5.02. The largest absolute Gasteiger partial charge is 0.378 e. The third-order valence-corrected chi connectivity index (χ3v) is 7.07. The van der Waals surface area contributed by atoms with Gasteiger partial charge in [-0.05, 0) is 48.4 Å². The Bertz CT molecular complexity index is 1270. The van der Waals surface area contributed by atoms with Gasteiger partial charge in [0.25, 0.3) is 0 Å². The molecule has 7 heteroatoms. The van der Waals surface area contributed by atoms with Crippen molar-refractivity contribution in [2.45, 2.75) is 27.4 Å². The van der Waals surface area contributed by atoms with Crippen molar-refractivity contribution in [2.24, 2.45) is 5.92 Å². The zero-order chi connectivity index (χ0) is 28.3. The van der Waals surface area contributed by atoms with Gasteiger partial charge in [0.2, 0.25) is 0 Å². The lowest BCUT2D eigenvalue weighted by Crippen LogP contribution is -2.50. The lowest BCUT2D eigenvalue weighted by molar-refractivity contribution is 0.122. The molecule has 5 rings (SSSR count). The summed E-state index contributed by atoms with van der Waals surface area (Å²) in [5.74, 6) is 3.50. The maximum absolute atomic E-state index is 9.31. The molecule has 2 saturated heterocycles. The minimum atomic E-state index is 0.102. The Kier molecular flexibility index (Phi) is 10.7. The minimum Gasteiger partial charge on any atom is -0.378 e. The molecule has 0 saturated carbocycles. The number of hydrogen-bond acceptors (Lipinski definition) is 7. The van der Waals surface area contributed by atoms with Crippen LogP contribution < -0.4 is 10.2 Å². The summed E-state index contributed by atoms with van der Waals surface area (Å²) in [5.41, 5.74) is 6.40. The smallest absolute Gasteiger partial charge is 0.140 e. The van der Waals surface area contributed by atoms with Crippen LogP contribution in [0.4, 0.5) is 17.2 Å². The van der Waals surface area contributed by atoms with Gasteiger partial charge in [-0.15, -0.1) is 6.42 Å². The van der Waals surface area contributed by atoms with E-state index in [1.807, 2.05) is 51.1 Å². The van der Waals surface area contributed by atoms with Crippen molar-refractivity contribution < 1.29 is 9.47 Å². The van der Waals surface area contributed by atoms with Crippen molar-refractivity contribution in [1.82, 2.24) is 9.88 Å². The van der Waals surface area contributed by atoms with Gasteiger partial charge in [-0.2, -0.15) is 0 Å². The Morgan fingerprint density at radius 2 is 1.80 bits per heavy atom. The third kappa shape index (κ3) is 7.08. The summed E-state index contributed by atoms with van der Waals surface area (Å²) in [5, 5.41) is 12.8. The number of ether oxygens (including phenoxy) is 2. The number of likely N-dealkylation sites (tertiary alicyclic amines) is 1. The van der Waals surface area contributed by atoms with Crippen LogP contribution in [0, 0.1) is 23.7 Å². The number of nitrogens with one attached hydrogen (secondary N) is 2. The van der Waals surface area contributed by atoms with E-state index in [-0.39, 0.29) is 5.92 Å². The quantitative estimate of drug-likeness (QED) is 0.250. The molecule has 0 aliphatic carbocycles. The van der Waals surface area contributed by atoms with Crippen molar-refractivity contribution in [2.75, 3.05) is 62.8 Å². The first-order chi connectivity index (χ1) is 19.7. The van der Waals surface area contributed by atoms with Crippen molar-refractivity contribution in [3.05, 3.63) is 71.9 Å². The van der Waals surface area contributed by atoms with E-state index in [0.717, 1.165) is 67.5 Å². The average molecular weight is 540 g/mol. The topological polar surface area (TPSA) is 73.7 Å². The van der Waals surface area contributed by atoms with Gasteiger partial charge in [-0.1, -0.05) is 50.1 Å². The lowest BCUT2D eigenvalue weighted by atomic mass is 9.86. The summed E-state index contributed by atoms with van der Waals surface area (Å²) in [7, 11) is 0. The molecule has 2 aliphatic rings. The van der Waals surface area contributed by atoms with Crippen molar-refractivity contribution in [1.29, 1.82) is 5.41 Å². The number of rotatable bonds is 10. The summed E-state index contributed by atoms with van der Waals surface area (Å²) < 4.78 is 11.3. The first kappa shape index (κ1) is 29.3. The molecule has 0 radical (unpaired) electrons. The predicted octanol–water partition coefficient (Wildman–Crippen LogP) is 5.82. The predicted molar refractivity (Wildman–Crippen MR) is 165 cm³/mol. The Labute approximate surface area is 239 Å². The second-order valence-corrected chi connectivity index (χ2v) is 9.67. The minimum absolute atomic E-state index is 0.102. The van der Waals surface area contributed by atoms with Crippen LogP contribution in [0.1, 0.15) is 32.0 Å².